The largest absolute Gasteiger partial charge is 0.506 e. The van der Waals surface area contributed by atoms with Gasteiger partial charge in [0.15, 0.2) is 0 Å². The van der Waals surface area contributed by atoms with Crippen LogP contribution in [0.1, 0.15) is 22.1 Å². The van der Waals surface area contributed by atoms with E-state index in [0.717, 1.165) is 16.7 Å². The normalized spacial score (nSPS) is 15.7. The number of ether oxygens (including phenoxy) is 1. The summed E-state index contributed by atoms with van der Waals surface area (Å²) in [4.78, 5) is 11.9. The number of carbonyl (C=O) groups is 1. The molecule has 118 valence electrons. The van der Waals surface area contributed by atoms with Gasteiger partial charge in [0.2, 0.25) is 6.23 Å². The minimum atomic E-state index is -0.606. The van der Waals surface area contributed by atoms with Gasteiger partial charge < -0.3 is 15.2 Å². The number of aromatic hydroxyl groups is 1. The Morgan fingerprint density at radius 2 is 1.62 bits per heavy atom. The lowest BCUT2D eigenvalue weighted by Gasteiger charge is -2.16. The second-order valence-electron chi connectivity index (χ2n) is 5.61. The van der Waals surface area contributed by atoms with Crippen LogP contribution in [0.2, 0.25) is 0 Å². The SMILES string of the molecule is O=C1OC(Nc2cc(-c3ccccc3)ccc2O)c2ccccc21. The Morgan fingerprint density at radius 1 is 0.875 bits per heavy atom. The van der Waals surface area contributed by atoms with Crippen molar-refractivity contribution < 1.29 is 14.6 Å². The number of hydrogen-bond acceptors (Lipinski definition) is 4. The molecule has 0 saturated heterocycles. The standard InChI is InChI=1S/C20H15NO3/c22-18-11-10-14(13-6-2-1-3-7-13)12-17(18)21-19-15-8-4-5-9-16(15)20(23)24-19/h1-12,19,21-22H. The van der Waals surface area contributed by atoms with Crippen molar-refractivity contribution >= 4 is 11.7 Å². The van der Waals surface area contributed by atoms with E-state index in [4.69, 9.17) is 4.74 Å². The van der Waals surface area contributed by atoms with Gasteiger partial charge in [-0.2, -0.15) is 0 Å². The van der Waals surface area contributed by atoms with Crippen molar-refractivity contribution in [1.29, 1.82) is 0 Å². The fourth-order valence-electron chi connectivity index (χ4n) is 2.86. The first-order chi connectivity index (χ1) is 11.7. The molecule has 1 unspecified atom stereocenters. The van der Waals surface area contributed by atoms with Crippen molar-refractivity contribution in [3.63, 3.8) is 0 Å². The topological polar surface area (TPSA) is 58.6 Å². The van der Waals surface area contributed by atoms with Gasteiger partial charge >= 0.3 is 5.97 Å². The van der Waals surface area contributed by atoms with Crippen molar-refractivity contribution in [3.8, 4) is 16.9 Å². The molecule has 4 rings (SSSR count). The van der Waals surface area contributed by atoms with Crippen LogP contribution >= 0.6 is 0 Å². The third kappa shape index (κ3) is 2.48. The maximum atomic E-state index is 11.9. The number of anilines is 1. The second kappa shape index (κ2) is 5.74. The van der Waals surface area contributed by atoms with Gasteiger partial charge in [0.25, 0.3) is 0 Å². The summed E-state index contributed by atoms with van der Waals surface area (Å²) in [6.07, 6.45) is -0.606. The number of esters is 1. The lowest BCUT2D eigenvalue weighted by Crippen LogP contribution is -2.10. The molecule has 3 aromatic rings. The summed E-state index contributed by atoms with van der Waals surface area (Å²) in [5.74, 6) is -0.253. The minimum Gasteiger partial charge on any atom is -0.506 e. The van der Waals surface area contributed by atoms with Gasteiger partial charge in [-0.1, -0.05) is 54.6 Å². The summed E-state index contributed by atoms with van der Waals surface area (Å²) in [5, 5.41) is 13.3. The highest BCUT2D eigenvalue weighted by Gasteiger charge is 2.30. The maximum absolute atomic E-state index is 11.9. The van der Waals surface area contributed by atoms with E-state index in [1.54, 1.807) is 18.2 Å². The molecular weight excluding hydrogens is 302 g/mol. The Bertz CT molecular complexity index is 906. The first kappa shape index (κ1) is 14.3. The average molecular weight is 317 g/mol. The number of hydrogen-bond donors (Lipinski definition) is 2. The van der Waals surface area contributed by atoms with E-state index >= 15 is 0 Å². The molecule has 0 spiro atoms. The zero-order valence-electron chi connectivity index (χ0n) is 12.8. The van der Waals surface area contributed by atoms with E-state index in [2.05, 4.69) is 5.32 Å². The van der Waals surface area contributed by atoms with Gasteiger partial charge in [-0.25, -0.2) is 4.79 Å². The highest BCUT2D eigenvalue weighted by molar-refractivity contribution is 5.94. The van der Waals surface area contributed by atoms with Crippen LogP contribution in [-0.2, 0) is 4.74 Å². The smallest absolute Gasteiger partial charge is 0.340 e. The molecule has 1 heterocycles. The third-order valence-corrected chi connectivity index (χ3v) is 4.08. The summed E-state index contributed by atoms with van der Waals surface area (Å²) >= 11 is 0. The monoisotopic (exact) mass is 317 g/mol. The van der Waals surface area contributed by atoms with E-state index < -0.39 is 6.23 Å². The quantitative estimate of drug-likeness (QED) is 0.557. The lowest BCUT2D eigenvalue weighted by atomic mass is 10.0. The second-order valence-corrected chi connectivity index (χ2v) is 5.61. The van der Waals surface area contributed by atoms with Crippen LogP contribution in [0, 0.1) is 0 Å². The molecule has 0 aromatic heterocycles. The van der Waals surface area contributed by atoms with Gasteiger partial charge in [-0.15, -0.1) is 0 Å². The number of carbonyl (C=O) groups excluding carboxylic acids is 1. The van der Waals surface area contributed by atoms with Crippen molar-refractivity contribution in [2.45, 2.75) is 6.23 Å². The number of phenolic OH excluding ortho intramolecular Hbond substituents is 1. The zero-order chi connectivity index (χ0) is 16.5. The maximum Gasteiger partial charge on any atom is 0.340 e. The molecular formula is C20H15NO3. The molecule has 1 atom stereocenters. The van der Waals surface area contributed by atoms with E-state index in [1.165, 1.54) is 0 Å². The molecule has 2 N–H and O–H groups in total. The summed E-state index contributed by atoms with van der Waals surface area (Å²) in [5.41, 5.74) is 3.85. The highest BCUT2D eigenvalue weighted by atomic mass is 16.6. The van der Waals surface area contributed by atoms with Crippen LogP contribution in [0.3, 0.4) is 0 Å². The van der Waals surface area contributed by atoms with Crippen LogP contribution in [0.25, 0.3) is 11.1 Å². The van der Waals surface area contributed by atoms with Crippen molar-refractivity contribution in [2.75, 3.05) is 5.32 Å². The third-order valence-electron chi connectivity index (χ3n) is 4.08. The minimum absolute atomic E-state index is 0.107. The summed E-state index contributed by atoms with van der Waals surface area (Å²) in [7, 11) is 0. The van der Waals surface area contributed by atoms with Crippen LogP contribution in [0.15, 0.2) is 72.8 Å². The van der Waals surface area contributed by atoms with E-state index in [1.807, 2.05) is 54.6 Å². The summed E-state index contributed by atoms with van der Waals surface area (Å²) in [6, 6.07) is 22.5. The molecule has 3 aromatic carbocycles. The first-order valence-corrected chi connectivity index (χ1v) is 7.67. The molecule has 0 radical (unpaired) electrons. The Labute approximate surface area is 139 Å². The van der Waals surface area contributed by atoms with Crippen molar-refractivity contribution in [3.05, 3.63) is 83.9 Å². The molecule has 4 heteroatoms. The molecule has 0 amide bonds. The van der Waals surface area contributed by atoms with Crippen LogP contribution in [0.5, 0.6) is 5.75 Å². The number of nitrogens with one attached hydrogen (secondary N) is 1. The Morgan fingerprint density at radius 3 is 2.46 bits per heavy atom. The van der Waals surface area contributed by atoms with Gasteiger partial charge in [-0.3, -0.25) is 0 Å². The van der Waals surface area contributed by atoms with Crippen molar-refractivity contribution in [1.82, 2.24) is 0 Å². The number of phenols is 1. The van der Waals surface area contributed by atoms with Crippen LogP contribution in [0.4, 0.5) is 5.69 Å². The van der Waals surface area contributed by atoms with Crippen molar-refractivity contribution in [2.24, 2.45) is 0 Å². The molecule has 0 fully saturated rings. The van der Waals surface area contributed by atoms with E-state index in [9.17, 15) is 9.90 Å². The average Bonchev–Trinajstić information content (AvgIpc) is 2.94. The van der Waals surface area contributed by atoms with Gasteiger partial charge in [0, 0.05) is 5.56 Å². The van der Waals surface area contributed by atoms with Gasteiger partial charge in [0.05, 0.1) is 11.3 Å². The molecule has 0 aliphatic carbocycles. The molecule has 0 bridgehead atoms. The Balaban J connectivity index is 1.67. The van der Waals surface area contributed by atoms with Crippen LogP contribution in [-0.4, -0.2) is 11.1 Å². The molecule has 0 saturated carbocycles. The number of rotatable bonds is 3. The molecule has 1 aliphatic heterocycles. The van der Waals surface area contributed by atoms with Gasteiger partial charge in [-0.05, 0) is 29.3 Å². The van der Waals surface area contributed by atoms with Crippen LogP contribution < -0.4 is 5.32 Å². The zero-order valence-corrected chi connectivity index (χ0v) is 12.8. The Kier molecular flexibility index (Phi) is 3.43. The number of fused-ring (bicyclic) bond motifs is 1. The molecule has 4 nitrogen and oxygen atoms in total. The lowest BCUT2D eigenvalue weighted by molar-refractivity contribution is 0.0436. The fourth-order valence-corrected chi connectivity index (χ4v) is 2.86. The summed E-state index contributed by atoms with van der Waals surface area (Å²) < 4.78 is 5.38. The predicted molar refractivity (Wildman–Crippen MR) is 91.8 cm³/mol. The first-order valence-electron chi connectivity index (χ1n) is 7.67. The number of cyclic esters (lactones) is 1. The molecule has 1 aliphatic rings. The Hall–Kier alpha value is -3.27. The highest BCUT2D eigenvalue weighted by Crippen LogP contribution is 2.36. The van der Waals surface area contributed by atoms with E-state index in [0.29, 0.717) is 11.3 Å². The summed E-state index contributed by atoms with van der Waals surface area (Å²) in [6.45, 7) is 0. The molecule has 24 heavy (non-hydrogen) atoms. The fraction of sp³-hybridized carbons (Fsp3) is 0.0500. The van der Waals surface area contributed by atoms with Gasteiger partial charge in [0.1, 0.15) is 5.75 Å². The van der Waals surface area contributed by atoms with E-state index in [-0.39, 0.29) is 11.7 Å². The predicted octanol–water partition coefficient (Wildman–Crippen LogP) is 4.34. The number of benzene rings is 3.